The lowest BCUT2D eigenvalue weighted by Gasteiger charge is -2.07. The van der Waals surface area contributed by atoms with Crippen LogP contribution in [0, 0.1) is 25.7 Å². The van der Waals surface area contributed by atoms with Crippen molar-refractivity contribution in [2.75, 3.05) is 0 Å². The van der Waals surface area contributed by atoms with E-state index < -0.39 is 11.7 Å². The highest BCUT2D eigenvalue weighted by atomic mass is 19.4. The lowest BCUT2D eigenvalue weighted by molar-refractivity contribution is -0.0928. The molecule has 0 atom stereocenters. The van der Waals surface area contributed by atoms with Gasteiger partial charge in [-0.15, -0.1) is 0 Å². The molecule has 28 heavy (non-hydrogen) atoms. The van der Waals surface area contributed by atoms with E-state index in [1.54, 1.807) is 32.1 Å². The van der Waals surface area contributed by atoms with Gasteiger partial charge in [0.05, 0.1) is 5.56 Å². The second-order valence-corrected chi connectivity index (χ2v) is 6.25. The molecule has 0 aliphatic heterocycles. The van der Waals surface area contributed by atoms with Crippen LogP contribution in [0.1, 0.15) is 23.6 Å². The summed E-state index contributed by atoms with van der Waals surface area (Å²) in [5.74, 6) is 6.67. The Morgan fingerprint density at radius 2 is 1.93 bits per heavy atom. The molecule has 0 fully saturated rings. The molecule has 142 valence electrons. The van der Waals surface area contributed by atoms with Crippen LogP contribution in [0.5, 0.6) is 0 Å². The summed E-state index contributed by atoms with van der Waals surface area (Å²) in [4.78, 5) is 16.4. The van der Waals surface area contributed by atoms with Gasteiger partial charge in [0.25, 0.3) is 0 Å². The third-order valence-corrected chi connectivity index (χ3v) is 4.10. The first-order chi connectivity index (χ1) is 13.2. The SMILES string of the molecule is Cc1cc(=O)c(-c2ccc(C#CC3=CC=C(C(F)(F)F)CC=C3)nc2)c(C)o1. The molecule has 0 aromatic carbocycles. The van der Waals surface area contributed by atoms with Crippen molar-refractivity contribution in [1.29, 1.82) is 0 Å². The third kappa shape index (κ3) is 4.49. The highest BCUT2D eigenvalue weighted by Crippen LogP contribution is 2.29. The fourth-order valence-electron chi connectivity index (χ4n) is 2.77. The van der Waals surface area contributed by atoms with Crippen LogP contribution in [-0.2, 0) is 0 Å². The monoisotopic (exact) mass is 383 g/mol. The highest BCUT2D eigenvalue weighted by Gasteiger charge is 2.32. The molecule has 0 saturated carbocycles. The number of rotatable bonds is 1. The molecule has 0 bridgehead atoms. The van der Waals surface area contributed by atoms with Gasteiger partial charge in [0, 0.05) is 29.0 Å². The molecular weight excluding hydrogens is 367 g/mol. The number of hydrogen-bond acceptors (Lipinski definition) is 3. The Hall–Kier alpha value is -3.33. The van der Waals surface area contributed by atoms with Crippen LogP contribution in [-0.4, -0.2) is 11.2 Å². The van der Waals surface area contributed by atoms with E-state index in [1.807, 2.05) is 0 Å². The van der Waals surface area contributed by atoms with Crippen LogP contribution in [0.3, 0.4) is 0 Å². The molecule has 0 saturated heterocycles. The Kier molecular flexibility index (Phi) is 5.36. The van der Waals surface area contributed by atoms with Gasteiger partial charge in [-0.25, -0.2) is 4.98 Å². The van der Waals surface area contributed by atoms with Crippen LogP contribution in [0.2, 0.25) is 0 Å². The number of alkyl halides is 3. The molecule has 0 spiro atoms. The number of aromatic nitrogens is 1. The van der Waals surface area contributed by atoms with E-state index in [4.69, 9.17) is 4.42 Å². The van der Waals surface area contributed by atoms with Crippen molar-refractivity contribution in [3.63, 3.8) is 0 Å². The molecule has 2 heterocycles. The normalized spacial score (nSPS) is 13.9. The van der Waals surface area contributed by atoms with E-state index >= 15 is 0 Å². The lowest BCUT2D eigenvalue weighted by atomic mass is 10.1. The predicted molar refractivity (Wildman–Crippen MR) is 101 cm³/mol. The summed E-state index contributed by atoms with van der Waals surface area (Å²) in [5.41, 5.74) is 1.19. The molecule has 0 amide bonds. The topological polar surface area (TPSA) is 43.1 Å². The minimum Gasteiger partial charge on any atom is -0.466 e. The molecule has 1 aliphatic rings. The zero-order chi connectivity index (χ0) is 20.3. The van der Waals surface area contributed by atoms with Crippen molar-refractivity contribution in [3.05, 3.63) is 87.3 Å². The van der Waals surface area contributed by atoms with Crippen LogP contribution >= 0.6 is 0 Å². The molecule has 2 aromatic rings. The summed E-state index contributed by atoms with van der Waals surface area (Å²) in [5, 5.41) is 0. The van der Waals surface area contributed by atoms with Crippen LogP contribution in [0.15, 0.2) is 69.1 Å². The summed E-state index contributed by atoms with van der Waals surface area (Å²) < 4.78 is 43.7. The van der Waals surface area contributed by atoms with Gasteiger partial charge in [-0.1, -0.05) is 24.1 Å². The molecule has 0 N–H and O–H groups in total. The molecule has 0 radical (unpaired) electrons. The fourth-order valence-corrected chi connectivity index (χ4v) is 2.77. The van der Waals surface area contributed by atoms with Crippen LogP contribution in [0.25, 0.3) is 11.1 Å². The van der Waals surface area contributed by atoms with Gasteiger partial charge in [0.15, 0.2) is 5.43 Å². The number of pyridine rings is 1. The molecule has 0 unspecified atom stereocenters. The van der Waals surface area contributed by atoms with Crippen molar-refractivity contribution < 1.29 is 17.6 Å². The molecule has 6 heteroatoms. The zero-order valence-corrected chi connectivity index (χ0v) is 15.2. The summed E-state index contributed by atoms with van der Waals surface area (Å²) in [6, 6.07) is 4.78. The maximum atomic E-state index is 12.7. The van der Waals surface area contributed by atoms with E-state index in [-0.39, 0.29) is 11.8 Å². The van der Waals surface area contributed by atoms with Crippen molar-refractivity contribution >= 4 is 0 Å². The molecule has 2 aromatic heterocycles. The summed E-state index contributed by atoms with van der Waals surface area (Å²) >= 11 is 0. The number of allylic oxidation sites excluding steroid dienone is 6. The van der Waals surface area contributed by atoms with Gasteiger partial charge >= 0.3 is 6.18 Å². The third-order valence-electron chi connectivity index (χ3n) is 4.10. The van der Waals surface area contributed by atoms with E-state index in [0.717, 1.165) is 6.08 Å². The standard InChI is InChI=1S/C22H16F3NO2/c1-14-12-20(27)21(15(2)28-14)17-8-11-19(26-13-17)10-7-16-4-3-5-18(9-6-16)22(23,24)25/h3-4,6,8-9,11-13H,5H2,1-2H3. The molecule has 1 aliphatic carbocycles. The average Bonchev–Trinajstić information content (AvgIpc) is 2.86. The Labute approximate surface area is 159 Å². The van der Waals surface area contributed by atoms with E-state index in [2.05, 4.69) is 16.8 Å². The smallest absolute Gasteiger partial charge is 0.412 e. The number of halogens is 3. The van der Waals surface area contributed by atoms with E-state index in [9.17, 15) is 18.0 Å². The van der Waals surface area contributed by atoms with Gasteiger partial charge in [0.1, 0.15) is 17.2 Å². The average molecular weight is 383 g/mol. The Morgan fingerprint density at radius 1 is 1.14 bits per heavy atom. The number of nitrogens with zero attached hydrogens (tertiary/aromatic N) is 1. The lowest BCUT2D eigenvalue weighted by Crippen LogP contribution is -2.10. The zero-order valence-electron chi connectivity index (χ0n) is 15.2. The summed E-state index contributed by atoms with van der Waals surface area (Å²) in [6.07, 6.45) is 2.37. The minimum absolute atomic E-state index is 0.150. The maximum Gasteiger partial charge on any atom is 0.412 e. The van der Waals surface area contributed by atoms with Crippen molar-refractivity contribution in [2.24, 2.45) is 0 Å². The van der Waals surface area contributed by atoms with Crippen molar-refractivity contribution in [3.8, 4) is 23.0 Å². The Morgan fingerprint density at radius 3 is 2.57 bits per heavy atom. The Bertz CT molecular complexity index is 1110. The second kappa shape index (κ2) is 7.73. The van der Waals surface area contributed by atoms with E-state index in [1.165, 1.54) is 24.4 Å². The van der Waals surface area contributed by atoms with Crippen LogP contribution in [0.4, 0.5) is 13.2 Å². The van der Waals surface area contributed by atoms with Gasteiger partial charge in [0.2, 0.25) is 0 Å². The first kappa shape index (κ1) is 19.4. The highest BCUT2D eigenvalue weighted by molar-refractivity contribution is 5.64. The minimum atomic E-state index is -4.35. The van der Waals surface area contributed by atoms with Gasteiger partial charge < -0.3 is 4.42 Å². The predicted octanol–water partition coefficient (Wildman–Crippen LogP) is 5.05. The number of hydrogen-bond donors (Lipinski definition) is 0. The van der Waals surface area contributed by atoms with Crippen molar-refractivity contribution in [1.82, 2.24) is 4.98 Å². The largest absolute Gasteiger partial charge is 0.466 e. The summed E-state index contributed by atoms with van der Waals surface area (Å²) in [6.45, 7) is 3.42. The number of aryl methyl sites for hydroxylation is 2. The quantitative estimate of drug-likeness (QED) is 0.648. The first-order valence-corrected chi connectivity index (χ1v) is 8.48. The Balaban J connectivity index is 1.84. The van der Waals surface area contributed by atoms with Gasteiger partial charge in [-0.3, -0.25) is 4.79 Å². The molecule has 3 rings (SSSR count). The van der Waals surface area contributed by atoms with Gasteiger partial charge in [-0.2, -0.15) is 13.2 Å². The van der Waals surface area contributed by atoms with Crippen LogP contribution < -0.4 is 5.43 Å². The van der Waals surface area contributed by atoms with E-state index in [0.29, 0.717) is 33.9 Å². The summed E-state index contributed by atoms with van der Waals surface area (Å²) in [7, 11) is 0. The maximum absolute atomic E-state index is 12.7. The van der Waals surface area contributed by atoms with Crippen molar-refractivity contribution in [2.45, 2.75) is 26.4 Å². The fraction of sp³-hybridized carbons (Fsp3) is 0.182. The first-order valence-electron chi connectivity index (χ1n) is 8.48. The second-order valence-electron chi connectivity index (χ2n) is 6.25. The molecular formula is C22H16F3NO2. The van der Waals surface area contributed by atoms with Gasteiger partial charge in [-0.05, 0) is 44.4 Å². The molecule has 3 nitrogen and oxygen atoms in total.